The van der Waals surface area contributed by atoms with E-state index in [0.29, 0.717) is 28.7 Å². The molecule has 0 spiro atoms. The minimum absolute atomic E-state index is 0.115. The van der Waals surface area contributed by atoms with Crippen molar-refractivity contribution in [2.75, 3.05) is 18.2 Å². The molecule has 1 amide bonds. The largest absolute Gasteiger partial charge is 0.465 e. The molecule has 0 saturated heterocycles. The number of thioether (sulfide) groups is 1. The van der Waals surface area contributed by atoms with Gasteiger partial charge in [0, 0.05) is 27.9 Å². The summed E-state index contributed by atoms with van der Waals surface area (Å²) in [5, 5.41) is 14.0. The average molecular weight is 572 g/mol. The number of benzene rings is 2. The number of carbonyl (C=O) groups excluding carboxylic acids is 2. The van der Waals surface area contributed by atoms with Crippen LogP contribution in [0.1, 0.15) is 34.6 Å². The summed E-state index contributed by atoms with van der Waals surface area (Å²) in [5.41, 5.74) is 5.01. The second kappa shape index (κ2) is 12.0. The van der Waals surface area contributed by atoms with Crippen molar-refractivity contribution in [1.29, 1.82) is 0 Å². The number of hydrogen-bond donors (Lipinski definition) is 1. The number of fused-ring (bicyclic) bond motifs is 1. The van der Waals surface area contributed by atoms with Crippen molar-refractivity contribution in [2.45, 2.75) is 38.9 Å². The van der Waals surface area contributed by atoms with Crippen LogP contribution >= 0.6 is 23.1 Å². The van der Waals surface area contributed by atoms with E-state index in [1.54, 1.807) is 0 Å². The highest BCUT2D eigenvalue weighted by molar-refractivity contribution is 7.99. The summed E-state index contributed by atoms with van der Waals surface area (Å²) in [4.78, 5) is 31.3. The fourth-order valence-electron chi connectivity index (χ4n) is 4.70. The van der Waals surface area contributed by atoms with Gasteiger partial charge in [-0.1, -0.05) is 67.2 Å². The maximum absolute atomic E-state index is 13.0. The first-order valence-electron chi connectivity index (χ1n) is 13.0. The predicted molar refractivity (Wildman–Crippen MR) is 161 cm³/mol. The van der Waals surface area contributed by atoms with Crippen molar-refractivity contribution in [1.82, 2.24) is 19.7 Å². The molecule has 5 rings (SSSR count). The minimum Gasteiger partial charge on any atom is -0.465 e. The molecule has 2 aromatic carbocycles. The molecule has 204 valence electrons. The number of hydrogen-bond acceptors (Lipinski definition) is 8. The highest BCUT2D eigenvalue weighted by atomic mass is 32.2. The third kappa shape index (κ3) is 5.37. The van der Waals surface area contributed by atoms with Gasteiger partial charge >= 0.3 is 5.97 Å². The number of esters is 1. The number of carbonyl (C=O) groups is 2. The highest BCUT2D eigenvalue weighted by Crippen LogP contribution is 2.35. The zero-order valence-corrected chi connectivity index (χ0v) is 24.4. The Balaban J connectivity index is 1.42. The molecule has 0 radical (unpaired) electrons. The molecule has 5 aromatic rings. The van der Waals surface area contributed by atoms with Gasteiger partial charge in [0.15, 0.2) is 11.0 Å². The summed E-state index contributed by atoms with van der Waals surface area (Å²) in [6, 6.07) is 20.1. The highest BCUT2D eigenvalue weighted by Gasteiger charge is 2.24. The number of amides is 1. The van der Waals surface area contributed by atoms with Crippen LogP contribution < -0.4 is 5.32 Å². The van der Waals surface area contributed by atoms with Gasteiger partial charge in [0.25, 0.3) is 0 Å². The number of anilines is 1. The van der Waals surface area contributed by atoms with Crippen LogP contribution in [0.3, 0.4) is 0 Å². The quantitative estimate of drug-likeness (QED) is 0.157. The zero-order chi connectivity index (χ0) is 28.2. The maximum atomic E-state index is 13.0. The summed E-state index contributed by atoms with van der Waals surface area (Å²) in [6.07, 6.45) is 0.676. The number of ether oxygens (including phenoxy) is 1. The first-order chi connectivity index (χ1) is 19.4. The molecule has 40 heavy (non-hydrogen) atoms. The van der Waals surface area contributed by atoms with Gasteiger partial charge in [-0.25, -0.2) is 9.78 Å². The van der Waals surface area contributed by atoms with Crippen molar-refractivity contribution >= 4 is 50.9 Å². The summed E-state index contributed by atoms with van der Waals surface area (Å²) < 4.78 is 6.98. The average Bonchev–Trinajstić information content (AvgIpc) is 3.54. The van der Waals surface area contributed by atoms with Crippen LogP contribution in [-0.4, -0.2) is 44.5 Å². The molecular weight excluding hydrogens is 542 g/mol. The Morgan fingerprint density at radius 3 is 2.52 bits per heavy atom. The van der Waals surface area contributed by atoms with E-state index < -0.39 is 5.97 Å². The first-order valence-corrected chi connectivity index (χ1v) is 14.8. The number of para-hydroxylation sites is 1. The summed E-state index contributed by atoms with van der Waals surface area (Å²) in [5.74, 6) is 0.158. The lowest BCUT2D eigenvalue weighted by Gasteiger charge is -2.12. The van der Waals surface area contributed by atoms with E-state index in [2.05, 4.69) is 15.5 Å². The molecule has 3 heterocycles. The Morgan fingerprint density at radius 2 is 1.80 bits per heavy atom. The smallest absolute Gasteiger partial charge is 0.341 e. The molecule has 3 aromatic heterocycles. The van der Waals surface area contributed by atoms with Crippen LogP contribution in [0.4, 0.5) is 5.00 Å². The van der Waals surface area contributed by atoms with Crippen LogP contribution in [0.2, 0.25) is 0 Å². The van der Waals surface area contributed by atoms with E-state index in [1.165, 1.54) is 30.2 Å². The Morgan fingerprint density at radius 1 is 1.05 bits per heavy atom. The lowest BCUT2D eigenvalue weighted by Crippen LogP contribution is -2.16. The van der Waals surface area contributed by atoms with Crippen LogP contribution in [0.5, 0.6) is 0 Å². The van der Waals surface area contributed by atoms with E-state index >= 15 is 0 Å². The molecule has 0 saturated carbocycles. The van der Waals surface area contributed by atoms with E-state index in [1.807, 2.05) is 86.0 Å². The van der Waals surface area contributed by atoms with Crippen LogP contribution in [0.15, 0.2) is 65.8 Å². The lowest BCUT2D eigenvalue weighted by atomic mass is 10.0. The van der Waals surface area contributed by atoms with Crippen LogP contribution in [-0.2, 0) is 22.5 Å². The molecule has 0 aliphatic rings. The lowest BCUT2D eigenvalue weighted by molar-refractivity contribution is -0.113. The molecule has 0 bridgehead atoms. The van der Waals surface area contributed by atoms with Gasteiger partial charge in [0.05, 0.1) is 29.6 Å². The number of pyridine rings is 1. The molecule has 0 unspecified atom stereocenters. The zero-order valence-electron chi connectivity index (χ0n) is 22.7. The van der Waals surface area contributed by atoms with Crippen molar-refractivity contribution in [2.24, 2.45) is 0 Å². The standard InChI is InChI=1S/C30H29N5O3S2/c1-5-20-18(3)40-28(26(20)29(37)38-4)32-25(36)17-39-30-34-33-27(35(30)6-2)22-16-24(19-12-8-7-9-13-19)31-23-15-11-10-14-21(22)23/h7-16H,5-6,17H2,1-4H3,(H,32,36). The minimum atomic E-state index is -0.445. The van der Waals surface area contributed by atoms with Gasteiger partial charge < -0.3 is 14.6 Å². The number of thiophene rings is 1. The second-order valence-corrected chi connectivity index (χ2v) is 11.2. The van der Waals surface area contributed by atoms with Gasteiger partial charge in [0.1, 0.15) is 5.00 Å². The van der Waals surface area contributed by atoms with Gasteiger partial charge in [0.2, 0.25) is 5.91 Å². The predicted octanol–water partition coefficient (Wildman–Crippen LogP) is 6.63. The van der Waals surface area contributed by atoms with Crippen molar-refractivity contribution < 1.29 is 14.3 Å². The molecule has 8 nitrogen and oxygen atoms in total. The molecular formula is C30H29N5O3S2. The van der Waals surface area contributed by atoms with E-state index in [4.69, 9.17) is 9.72 Å². The number of nitrogens with one attached hydrogen (secondary N) is 1. The second-order valence-electron chi connectivity index (χ2n) is 9.01. The van der Waals surface area contributed by atoms with Crippen LogP contribution in [0, 0.1) is 6.92 Å². The fraction of sp³-hybridized carbons (Fsp3) is 0.233. The third-order valence-electron chi connectivity index (χ3n) is 6.60. The molecule has 0 aliphatic heterocycles. The van der Waals surface area contributed by atoms with E-state index in [9.17, 15) is 9.59 Å². The number of aromatic nitrogens is 4. The molecule has 10 heteroatoms. The monoisotopic (exact) mass is 571 g/mol. The summed E-state index contributed by atoms with van der Waals surface area (Å²) in [7, 11) is 1.35. The molecule has 0 atom stereocenters. The fourth-order valence-corrected chi connectivity index (χ4v) is 6.65. The Labute approximate surface area is 240 Å². The maximum Gasteiger partial charge on any atom is 0.341 e. The van der Waals surface area contributed by atoms with Gasteiger partial charge in [-0.2, -0.15) is 0 Å². The number of nitrogens with zero attached hydrogens (tertiary/aromatic N) is 4. The number of methoxy groups -OCH3 is 1. The third-order valence-corrected chi connectivity index (χ3v) is 8.63. The topological polar surface area (TPSA) is 99.0 Å². The Hall–Kier alpha value is -4.02. The van der Waals surface area contributed by atoms with Gasteiger partial charge in [-0.3, -0.25) is 4.79 Å². The number of aryl methyl sites for hydroxylation is 1. The Bertz CT molecular complexity index is 1690. The van der Waals surface area contributed by atoms with Crippen molar-refractivity contribution in [3.63, 3.8) is 0 Å². The summed E-state index contributed by atoms with van der Waals surface area (Å²) in [6.45, 7) is 6.58. The first kappa shape index (κ1) is 27.5. The van der Waals surface area contributed by atoms with Gasteiger partial charge in [-0.15, -0.1) is 21.5 Å². The van der Waals surface area contributed by atoms with Crippen molar-refractivity contribution in [3.8, 4) is 22.6 Å². The molecule has 0 fully saturated rings. The molecule has 0 aliphatic carbocycles. The van der Waals surface area contributed by atoms with Crippen molar-refractivity contribution in [3.05, 3.63) is 76.7 Å². The Kier molecular flexibility index (Phi) is 8.27. The van der Waals surface area contributed by atoms with Crippen LogP contribution in [0.25, 0.3) is 33.5 Å². The summed E-state index contributed by atoms with van der Waals surface area (Å²) >= 11 is 2.70. The van der Waals surface area contributed by atoms with Gasteiger partial charge in [-0.05, 0) is 38.0 Å². The van der Waals surface area contributed by atoms with E-state index in [-0.39, 0.29) is 11.7 Å². The number of rotatable bonds is 9. The SMILES string of the molecule is CCc1c(C)sc(NC(=O)CSc2nnc(-c3cc(-c4ccccc4)nc4ccccc34)n2CC)c1C(=O)OC. The normalized spacial score (nSPS) is 11.1. The van der Waals surface area contributed by atoms with E-state index in [0.717, 1.165) is 44.0 Å². The molecule has 1 N–H and O–H groups in total.